The fourth-order valence-electron chi connectivity index (χ4n) is 10.9. The van der Waals surface area contributed by atoms with Gasteiger partial charge in [0.15, 0.2) is 0 Å². The van der Waals surface area contributed by atoms with Crippen LogP contribution in [0.4, 0.5) is 11.4 Å². The molecule has 0 amide bonds. The summed E-state index contributed by atoms with van der Waals surface area (Å²) in [5.41, 5.74) is 19.0. The Labute approximate surface area is 343 Å². The highest BCUT2D eigenvalue weighted by Crippen LogP contribution is 2.58. The molecule has 9 aromatic rings. The Morgan fingerprint density at radius 1 is 0.603 bits per heavy atom. The Balaban J connectivity index is 1.04. The lowest BCUT2D eigenvalue weighted by atomic mass is 9.77. The van der Waals surface area contributed by atoms with Crippen molar-refractivity contribution >= 4 is 70.4 Å². The van der Waals surface area contributed by atoms with Crippen molar-refractivity contribution in [2.45, 2.75) is 51.9 Å². The predicted molar refractivity (Wildman–Crippen MR) is 246 cm³/mol. The first-order chi connectivity index (χ1) is 28.2. The first kappa shape index (κ1) is 33.9. The van der Waals surface area contributed by atoms with Crippen LogP contribution in [-0.2, 0) is 10.8 Å². The van der Waals surface area contributed by atoms with Crippen molar-refractivity contribution in [1.29, 1.82) is 0 Å². The maximum Gasteiger partial charge on any atom is 0.135 e. The van der Waals surface area contributed by atoms with Crippen molar-refractivity contribution in [2.24, 2.45) is 5.92 Å². The predicted octanol–water partition coefficient (Wildman–Crippen LogP) is 15.7. The first-order valence-electron chi connectivity index (χ1n) is 20.6. The highest BCUT2D eigenvalue weighted by molar-refractivity contribution is 7.26. The molecular formula is C55H43NOS. The molecule has 58 heavy (non-hydrogen) atoms. The largest absolute Gasteiger partial charge is 0.456 e. The lowest BCUT2D eigenvalue weighted by molar-refractivity contribution is 0.634. The summed E-state index contributed by atoms with van der Waals surface area (Å²) in [5, 5.41) is 5.18. The zero-order valence-electron chi connectivity index (χ0n) is 33.5. The van der Waals surface area contributed by atoms with Crippen molar-refractivity contribution in [3.63, 3.8) is 0 Å². The third-order valence-electron chi connectivity index (χ3n) is 13.7. The summed E-state index contributed by atoms with van der Waals surface area (Å²) < 4.78 is 9.22. The molecule has 2 heterocycles. The highest BCUT2D eigenvalue weighted by Gasteiger charge is 2.43. The van der Waals surface area contributed by atoms with Gasteiger partial charge in [-0.1, -0.05) is 138 Å². The van der Waals surface area contributed by atoms with E-state index in [0.29, 0.717) is 5.92 Å². The molecule has 0 N–H and O–H groups in total. The minimum Gasteiger partial charge on any atom is -0.456 e. The van der Waals surface area contributed by atoms with Gasteiger partial charge in [-0.05, 0) is 111 Å². The average molecular weight is 766 g/mol. The molecule has 0 fully saturated rings. The van der Waals surface area contributed by atoms with E-state index in [9.17, 15) is 0 Å². The summed E-state index contributed by atoms with van der Waals surface area (Å²) in [6.45, 7) is 12.1. The fourth-order valence-corrected chi connectivity index (χ4v) is 12.2. The topological polar surface area (TPSA) is 16.4 Å². The number of furan rings is 1. The van der Waals surface area contributed by atoms with E-state index >= 15 is 0 Å². The number of anilines is 2. The van der Waals surface area contributed by atoms with E-state index in [1.807, 2.05) is 11.3 Å². The van der Waals surface area contributed by atoms with E-state index < -0.39 is 0 Å². The number of benzene rings is 7. The minimum absolute atomic E-state index is 0.127. The molecule has 3 heteroatoms. The van der Waals surface area contributed by atoms with Gasteiger partial charge in [0.1, 0.15) is 11.2 Å². The van der Waals surface area contributed by atoms with Crippen molar-refractivity contribution in [3.8, 4) is 22.3 Å². The van der Waals surface area contributed by atoms with Gasteiger partial charge in [-0.25, -0.2) is 0 Å². The Morgan fingerprint density at radius 3 is 2.14 bits per heavy atom. The number of thiophene rings is 1. The van der Waals surface area contributed by atoms with Crippen LogP contribution >= 0.6 is 11.3 Å². The molecule has 0 saturated carbocycles. The zero-order chi connectivity index (χ0) is 39.1. The Bertz CT molecular complexity index is 3260. The van der Waals surface area contributed by atoms with E-state index in [1.54, 1.807) is 0 Å². The van der Waals surface area contributed by atoms with E-state index in [2.05, 4.69) is 191 Å². The number of para-hydroxylation sites is 1. The second-order valence-electron chi connectivity index (χ2n) is 17.7. The third kappa shape index (κ3) is 4.60. The normalized spacial score (nSPS) is 17.5. The summed E-state index contributed by atoms with van der Waals surface area (Å²) in [7, 11) is 0. The smallest absolute Gasteiger partial charge is 0.135 e. The number of rotatable bonds is 4. The quantitative estimate of drug-likeness (QED) is 0.177. The molecule has 2 nitrogen and oxygen atoms in total. The third-order valence-corrected chi connectivity index (χ3v) is 14.9. The van der Waals surface area contributed by atoms with Crippen LogP contribution in [-0.4, -0.2) is 0 Å². The maximum absolute atomic E-state index is 6.41. The molecule has 0 bridgehead atoms. The SMILES string of the molecule is CC1CC(N(c2ccc(-c3ccccc3)cc2)c2ccc3c(c2)C(C)(C)c2c-3ccc3oc4ccccc4c23)=CC2=C1c1c(ccc3c1sc1ccccc13)C2(C)C. The van der Waals surface area contributed by atoms with Crippen LogP contribution in [0, 0.1) is 5.92 Å². The van der Waals surface area contributed by atoms with Crippen LogP contribution in [0.2, 0.25) is 0 Å². The molecule has 3 aliphatic carbocycles. The number of fused-ring (bicyclic) bond motifs is 13. The molecule has 3 aliphatic rings. The van der Waals surface area contributed by atoms with Crippen LogP contribution < -0.4 is 4.90 Å². The van der Waals surface area contributed by atoms with Gasteiger partial charge in [0, 0.05) is 64.4 Å². The van der Waals surface area contributed by atoms with Crippen LogP contribution in [0.15, 0.2) is 167 Å². The summed E-state index contributed by atoms with van der Waals surface area (Å²) in [4.78, 5) is 2.56. The number of hydrogen-bond donors (Lipinski definition) is 0. The number of nitrogens with zero attached hydrogens (tertiary/aromatic N) is 1. The van der Waals surface area contributed by atoms with Gasteiger partial charge in [-0.2, -0.15) is 0 Å². The second-order valence-corrected chi connectivity index (χ2v) is 18.8. The summed E-state index contributed by atoms with van der Waals surface area (Å²) in [5.74, 6) is 0.343. The van der Waals surface area contributed by atoms with Crippen LogP contribution in [0.1, 0.15) is 63.3 Å². The number of allylic oxidation sites excluding steroid dienone is 4. The molecule has 0 aliphatic heterocycles. The molecule has 1 atom stereocenters. The van der Waals surface area contributed by atoms with Crippen LogP contribution in [0.3, 0.4) is 0 Å². The number of hydrogen-bond acceptors (Lipinski definition) is 3. The molecule has 0 radical (unpaired) electrons. The second kappa shape index (κ2) is 11.9. The Hall–Kier alpha value is -6.16. The molecule has 12 rings (SSSR count). The standard InChI is InChI=1S/C55H43NOS/c1-32-29-37(31-45-49(32)51-43(54(45,2)3)27-25-41-39-15-10-12-18-48(39)58-53(41)51)56(35-21-19-34(20-22-35)33-13-7-6-8-14-33)36-23-24-38-40-26-28-47-50(42-16-9-11-17-46(42)57-47)52(40)55(4,5)44(38)30-36/h6-28,30-32H,29H2,1-5H3. The van der Waals surface area contributed by atoms with Gasteiger partial charge in [0.2, 0.25) is 0 Å². The van der Waals surface area contributed by atoms with E-state index in [0.717, 1.165) is 17.6 Å². The zero-order valence-corrected chi connectivity index (χ0v) is 34.3. The molecule has 1 unspecified atom stereocenters. The van der Waals surface area contributed by atoms with E-state index in [-0.39, 0.29) is 10.8 Å². The van der Waals surface area contributed by atoms with Crippen molar-refractivity contribution in [1.82, 2.24) is 0 Å². The maximum atomic E-state index is 6.41. The van der Waals surface area contributed by atoms with E-state index in [1.165, 1.54) is 104 Å². The van der Waals surface area contributed by atoms with Gasteiger partial charge < -0.3 is 9.32 Å². The van der Waals surface area contributed by atoms with Gasteiger partial charge in [0.25, 0.3) is 0 Å². The fraction of sp³-hybridized carbons (Fsp3) is 0.164. The first-order valence-corrected chi connectivity index (χ1v) is 21.5. The monoisotopic (exact) mass is 765 g/mol. The summed E-state index contributed by atoms with van der Waals surface area (Å²) >= 11 is 1.96. The van der Waals surface area contributed by atoms with Crippen molar-refractivity contribution in [2.75, 3.05) is 4.90 Å². The Kier molecular flexibility index (Phi) is 6.99. The lowest BCUT2D eigenvalue weighted by Gasteiger charge is -2.35. The van der Waals surface area contributed by atoms with Gasteiger partial charge in [-0.3, -0.25) is 0 Å². The van der Waals surface area contributed by atoms with Crippen molar-refractivity contribution < 1.29 is 4.42 Å². The summed E-state index contributed by atoms with van der Waals surface area (Å²) in [6.07, 6.45) is 3.51. The molecular weight excluding hydrogens is 723 g/mol. The highest BCUT2D eigenvalue weighted by atomic mass is 32.1. The van der Waals surface area contributed by atoms with Gasteiger partial charge in [0.05, 0.1) is 0 Å². The van der Waals surface area contributed by atoms with Crippen molar-refractivity contribution in [3.05, 3.63) is 185 Å². The van der Waals surface area contributed by atoms with Gasteiger partial charge in [-0.15, -0.1) is 11.3 Å². The summed E-state index contributed by atoms with van der Waals surface area (Å²) in [6, 6.07) is 53.8. The molecule has 280 valence electrons. The minimum atomic E-state index is -0.232. The van der Waals surface area contributed by atoms with Crippen LogP contribution in [0.5, 0.6) is 0 Å². The average Bonchev–Trinajstić information content (AvgIpc) is 3.94. The molecule has 0 spiro atoms. The molecule has 7 aromatic carbocycles. The van der Waals surface area contributed by atoms with Gasteiger partial charge >= 0.3 is 0 Å². The lowest BCUT2D eigenvalue weighted by Crippen LogP contribution is -2.24. The van der Waals surface area contributed by atoms with E-state index in [4.69, 9.17) is 4.42 Å². The molecule has 2 aromatic heterocycles. The Morgan fingerprint density at radius 2 is 1.31 bits per heavy atom. The van der Waals surface area contributed by atoms with Crippen LogP contribution in [0.25, 0.3) is 69.9 Å². The molecule has 0 saturated heterocycles.